The molecule has 1 atom stereocenters. The van der Waals surface area contributed by atoms with Gasteiger partial charge in [-0.1, -0.05) is 23.7 Å². The summed E-state index contributed by atoms with van der Waals surface area (Å²) in [6.07, 6.45) is -0.309. The second-order valence-electron chi connectivity index (χ2n) is 3.16. The van der Waals surface area contributed by atoms with Crippen LogP contribution in [0.2, 0.25) is 5.02 Å². The van der Waals surface area contributed by atoms with Crippen molar-refractivity contribution in [2.75, 3.05) is 21.3 Å². The first-order chi connectivity index (χ1) is 7.22. The number of hydrogen-bond donors (Lipinski definition) is 1. The van der Waals surface area contributed by atoms with E-state index in [0.717, 1.165) is 10.6 Å². The molecule has 0 radical (unpaired) electrons. The lowest BCUT2D eigenvalue weighted by Gasteiger charge is -2.24. The number of halogens is 1. The van der Waals surface area contributed by atoms with Gasteiger partial charge >= 0.3 is 0 Å². The Morgan fingerprint density at radius 3 is 2.07 bits per heavy atom. The highest BCUT2D eigenvalue weighted by atomic mass is 35.5. The van der Waals surface area contributed by atoms with Crippen LogP contribution in [-0.2, 0) is 9.47 Å². The van der Waals surface area contributed by atoms with E-state index in [-0.39, 0.29) is 12.3 Å². The van der Waals surface area contributed by atoms with Gasteiger partial charge in [-0.2, -0.15) is 0 Å². The van der Waals surface area contributed by atoms with Crippen LogP contribution in [0.1, 0.15) is 11.6 Å². The smallest absolute Gasteiger partial charge is 0.176 e. The number of rotatable bonds is 5. The Hall–Kier alpha value is -0.610. The molecule has 0 heterocycles. The fourth-order valence-corrected chi connectivity index (χ4v) is 1.62. The molecule has 4 heteroatoms. The maximum Gasteiger partial charge on any atom is 0.176 e. The third-order valence-corrected chi connectivity index (χ3v) is 2.53. The molecule has 0 spiro atoms. The molecule has 0 saturated carbocycles. The first-order valence-corrected chi connectivity index (χ1v) is 5.09. The van der Waals surface area contributed by atoms with Gasteiger partial charge in [-0.15, -0.1) is 0 Å². The predicted octanol–water partition coefficient (Wildman–Crippen LogP) is 2.22. The van der Waals surface area contributed by atoms with Gasteiger partial charge in [0.15, 0.2) is 6.29 Å². The Labute approximate surface area is 95.3 Å². The van der Waals surface area contributed by atoms with Gasteiger partial charge in [-0.05, 0) is 24.7 Å². The first-order valence-electron chi connectivity index (χ1n) is 4.71. The average Bonchev–Trinajstić information content (AvgIpc) is 2.27. The second-order valence-corrected chi connectivity index (χ2v) is 3.59. The van der Waals surface area contributed by atoms with E-state index in [2.05, 4.69) is 5.32 Å². The highest BCUT2D eigenvalue weighted by Gasteiger charge is 2.20. The van der Waals surface area contributed by atoms with Gasteiger partial charge in [0.05, 0.1) is 6.04 Å². The summed E-state index contributed by atoms with van der Waals surface area (Å²) in [4.78, 5) is 0. The van der Waals surface area contributed by atoms with Gasteiger partial charge in [-0.25, -0.2) is 0 Å². The van der Waals surface area contributed by atoms with Crippen molar-refractivity contribution in [3.63, 3.8) is 0 Å². The SMILES string of the molecule is CNC(c1ccc(Cl)cc1)C(OC)OC. The normalized spacial score (nSPS) is 13.1. The Bertz CT molecular complexity index is 285. The third kappa shape index (κ3) is 3.18. The maximum atomic E-state index is 5.82. The zero-order chi connectivity index (χ0) is 11.3. The summed E-state index contributed by atoms with van der Waals surface area (Å²) >= 11 is 5.82. The largest absolute Gasteiger partial charge is 0.354 e. The van der Waals surface area contributed by atoms with Gasteiger partial charge in [-0.3, -0.25) is 0 Å². The third-order valence-electron chi connectivity index (χ3n) is 2.28. The zero-order valence-corrected chi connectivity index (χ0v) is 9.91. The fourth-order valence-electron chi connectivity index (χ4n) is 1.50. The minimum atomic E-state index is -0.309. The van der Waals surface area contributed by atoms with E-state index in [0.29, 0.717) is 0 Å². The lowest BCUT2D eigenvalue weighted by molar-refractivity contribution is -0.123. The summed E-state index contributed by atoms with van der Waals surface area (Å²) in [6, 6.07) is 7.60. The Morgan fingerprint density at radius 1 is 1.13 bits per heavy atom. The molecule has 84 valence electrons. The average molecular weight is 230 g/mol. The van der Waals surface area contributed by atoms with E-state index in [1.165, 1.54) is 0 Å². The molecule has 3 nitrogen and oxygen atoms in total. The van der Waals surface area contributed by atoms with Gasteiger partial charge in [0, 0.05) is 19.2 Å². The van der Waals surface area contributed by atoms with Crippen LogP contribution in [-0.4, -0.2) is 27.6 Å². The highest BCUT2D eigenvalue weighted by molar-refractivity contribution is 6.30. The number of likely N-dealkylation sites (N-methyl/N-ethyl adjacent to an activating group) is 1. The van der Waals surface area contributed by atoms with Crippen LogP contribution in [0, 0.1) is 0 Å². The summed E-state index contributed by atoms with van der Waals surface area (Å²) < 4.78 is 10.4. The molecule has 1 unspecified atom stereocenters. The molecule has 0 bridgehead atoms. The molecule has 0 aliphatic rings. The predicted molar refractivity (Wildman–Crippen MR) is 61.1 cm³/mol. The van der Waals surface area contributed by atoms with E-state index < -0.39 is 0 Å². The fraction of sp³-hybridized carbons (Fsp3) is 0.455. The Balaban J connectivity index is 2.86. The maximum absolute atomic E-state index is 5.82. The minimum Gasteiger partial charge on any atom is -0.354 e. The van der Waals surface area contributed by atoms with E-state index in [1.807, 2.05) is 31.3 Å². The minimum absolute atomic E-state index is 0.00253. The van der Waals surface area contributed by atoms with Gasteiger partial charge in [0.25, 0.3) is 0 Å². The lowest BCUT2D eigenvalue weighted by Crippen LogP contribution is -2.32. The number of benzene rings is 1. The Kier molecular flexibility index (Phi) is 5.05. The topological polar surface area (TPSA) is 30.5 Å². The van der Waals surface area contributed by atoms with Crippen LogP contribution >= 0.6 is 11.6 Å². The van der Waals surface area contributed by atoms with Crippen molar-refractivity contribution in [1.82, 2.24) is 5.32 Å². The molecule has 15 heavy (non-hydrogen) atoms. The van der Waals surface area contributed by atoms with Crippen molar-refractivity contribution in [3.8, 4) is 0 Å². The van der Waals surface area contributed by atoms with E-state index in [1.54, 1.807) is 14.2 Å². The van der Waals surface area contributed by atoms with Crippen molar-refractivity contribution < 1.29 is 9.47 Å². The molecule has 0 aliphatic heterocycles. The molecule has 0 aliphatic carbocycles. The first kappa shape index (κ1) is 12.5. The molecule has 0 aromatic heterocycles. The molecule has 1 aromatic carbocycles. The van der Waals surface area contributed by atoms with E-state index >= 15 is 0 Å². The standard InChI is InChI=1S/C11H16ClNO2/c1-13-10(11(14-2)15-3)8-4-6-9(12)7-5-8/h4-7,10-11,13H,1-3H3. The monoisotopic (exact) mass is 229 g/mol. The lowest BCUT2D eigenvalue weighted by atomic mass is 10.1. The number of hydrogen-bond acceptors (Lipinski definition) is 3. The summed E-state index contributed by atoms with van der Waals surface area (Å²) in [6.45, 7) is 0. The van der Waals surface area contributed by atoms with Crippen LogP contribution in [0.25, 0.3) is 0 Å². The van der Waals surface area contributed by atoms with Crippen molar-refractivity contribution in [1.29, 1.82) is 0 Å². The van der Waals surface area contributed by atoms with Crippen molar-refractivity contribution >= 4 is 11.6 Å². The van der Waals surface area contributed by atoms with Crippen molar-refractivity contribution in [3.05, 3.63) is 34.9 Å². The van der Waals surface area contributed by atoms with Gasteiger partial charge in [0.1, 0.15) is 0 Å². The van der Waals surface area contributed by atoms with Crippen LogP contribution in [0.4, 0.5) is 0 Å². The summed E-state index contributed by atoms with van der Waals surface area (Å²) in [5.74, 6) is 0. The van der Waals surface area contributed by atoms with Crippen LogP contribution < -0.4 is 5.32 Å². The zero-order valence-electron chi connectivity index (χ0n) is 9.16. The number of methoxy groups -OCH3 is 2. The number of nitrogens with one attached hydrogen (secondary N) is 1. The van der Waals surface area contributed by atoms with Gasteiger partial charge < -0.3 is 14.8 Å². The Morgan fingerprint density at radius 2 is 1.67 bits per heavy atom. The quantitative estimate of drug-likeness (QED) is 0.786. The van der Waals surface area contributed by atoms with Crippen LogP contribution in [0.3, 0.4) is 0 Å². The molecule has 0 fully saturated rings. The summed E-state index contributed by atoms with van der Waals surface area (Å²) in [5.41, 5.74) is 1.08. The molecule has 1 N–H and O–H groups in total. The molecule has 1 aromatic rings. The molecule has 0 amide bonds. The van der Waals surface area contributed by atoms with E-state index in [9.17, 15) is 0 Å². The summed E-state index contributed by atoms with van der Waals surface area (Å²) in [5, 5.41) is 3.87. The molecule has 0 saturated heterocycles. The molecular formula is C11H16ClNO2. The summed E-state index contributed by atoms with van der Waals surface area (Å²) in [7, 11) is 5.10. The van der Waals surface area contributed by atoms with E-state index in [4.69, 9.17) is 21.1 Å². The molecule has 1 rings (SSSR count). The molecular weight excluding hydrogens is 214 g/mol. The van der Waals surface area contributed by atoms with Crippen molar-refractivity contribution in [2.45, 2.75) is 12.3 Å². The van der Waals surface area contributed by atoms with Crippen LogP contribution in [0.5, 0.6) is 0 Å². The van der Waals surface area contributed by atoms with Gasteiger partial charge in [0.2, 0.25) is 0 Å². The highest BCUT2D eigenvalue weighted by Crippen LogP contribution is 2.21. The second kappa shape index (κ2) is 6.08. The van der Waals surface area contributed by atoms with Crippen molar-refractivity contribution in [2.24, 2.45) is 0 Å². The number of ether oxygens (including phenoxy) is 2. The van der Waals surface area contributed by atoms with Crippen LogP contribution in [0.15, 0.2) is 24.3 Å².